The fourth-order valence-corrected chi connectivity index (χ4v) is 2.65. The highest BCUT2D eigenvalue weighted by Crippen LogP contribution is 2.47. The number of ether oxygens (including phenoxy) is 2. The topological polar surface area (TPSA) is 38.7 Å². The summed E-state index contributed by atoms with van der Waals surface area (Å²) < 4.78 is 10.6. The Morgan fingerprint density at radius 3 is 1.67 bits per heavy atom. The highest BCUT2D eigenvalue weighted by atomic mass is 16.5. The molecular weight excluding hydrogens is 264 g/mol. The molecule has 0 aliphatic carbocycles. The first-order valence-electron chi connectivity index (χ1n) is 7.44. The molecule has 1 aromatic carbocycles. The molecule has 0 aromatic heterocycles. The van der Waals surface area contributed by atoms with Gasteiger partial charge in [0.15, 0.2) is 11.5 Å². The average molecular weight is 294 g/mol. The molecule has 0 radical (unpaired) electrons. The molecule has 0 bridgehead atoms. The van der Waals surface area contributed by atoms with Gasteiger partial charge in [0.25, 0.3) is 0 Å². The second-order valence-corrected chi connectivity index (χ2v) is 7.96. The summed E-state index contributed by atoms with van der Waals surface area (Å²) in [5.74, 6) is 1.34. The largest absolute Gasteiger partial charge is 0.502 e. The summed E-state index contributed by atoms with van der Waals surface area (Å²) in [7, 11) is 3.13. The third-order valence-corrected chi connectivity index (χ3v) is 3.77. The van der Waals surface area contributed by atoms with Crippen LogP contribution in [0.4, 0.5) is 0 Å². The molecule has 1 N–H and O–H groups in total. The number of hydrogen-bond donors (Lipinski definition) is 1. The molecule has 1 aromatic rings. The van der Waals surface area contributed by atoms with Crippen molar-refractivity contribution in [2.45, 2.75) is 53.9 Å². The van der Waals surface area contributed by atoms with Crippen molar-refractivity contribution in [1.82, 2.24) is 0 Å². The molecule has 120 valence electrons. The summed E-state index contributed by atoms with van der Waals surface area (Å²) >= 11 is 0. The average Bonchev–Trinajstić information content (AvgIpc) is 2.34. The van der Waals surface area contributed by atoms with E-state index in [0.29, 0.717) is 17.4 Å². The Hall–Kier alpha value is -1.38. The molecule has 1 rings (SSSR count). The molecule has 0 spiro atoms. The van der Waals surface area contributed by atoms with Gasteiger partial charge in [-0.3, -0.25) is 0 Å². The third kappa shape index (κ3) is 4.55. The van der Waals surface area contributed by atoms with Gasteiger partial charge >= 0.3 is 0 Å². The maximum atomic E-state index is 10.1. The molecule has 0 amide bonds. The summed E-state index contributed by atoms with van der Waals surface area (Å²) in [6.07, 6.45) is 1.05. The highest BCUT2D eigenvalue weighted by Gasteiger charge is 2.31. The molecule has 0 aliphatic rings. The van der Waals surface area contributed by atoms with Crippen molar-refractivity contribution in [3.63, 3.8) is 0 Å². The first-order valence-corrected chi connectivity index (χ1v) is 7.44. The van der Waals surface area contributed by atoms with E-state index in [9.17, 15) is 5.11 Å². The highest BCUT2D eigenvalue weighted by molar-refractivity contribution is 5.53. The Morgan fingerprint density at radius 2 is 1.38 bits per heavy atom. The van der Waals surface area contributed by atoms with Crippen LogP contribution in [0, 0.1) is 10.8 Å². The monoisotopic (exact) mass is 294 g/mol. The maximum Gasteiger partial charge on any atom is 0.200 e. The van der Waals surface area contributed by atoms with Crippen LogP contribution in [0.1, 0.15) is 59.4 Å². The van der Waals surface area contributed by atoms with Crippen molar-refractivity contribution in [2.24, 2.45) is 10.8 Å². The van der Waals surface area contributed by atoms with Gasteiger partial charge < -0.3 is 14.6 Å². The van der Waals surface area contributed by atoms with E-state index in [0.717, 1.165) is 12.0 Å². The second kappa shape index (κ2) is 6.17. The minimum Gasteiger partial charge on any atom is -0.502 e. The SMILES string of the molecule is COc1cc(C(CC(C)(C)C)C(C)(C)C)cc(OC)c1O. The lowest BCUT2D eigenvalue weighted by Crippen LogP contribution is -2.24. The number of rotatable bonds is 4. The Balaban J connectivity index is 3.37. The van der Waals surface area contributed by atoms with Gasteiger partial charge in [0.2, 0.25) is 5.75 Å². The lowest BCUT2D eigenvalue weighted by atomic mass is 9.69. The predicted octanol–water partition coefficient (Wildman–Crippen LogP) is 4.98. The van der Waals surface area contributed by atoms with Crippen LogP contribution in [0.5, 0.6) is 17.2 Å². The first-order chi connectivity index (χ1) is 9.49. The van der Waals surface area contributed by atoms with E-state index < -0.39 is 0 Å². The van der Waals surface area contributed by atoms with Gasteiger partial charge in [-0.1, -0.05) is 41.5 Å². The number of benzene rings is 1. The minimum absolute atomic E-state index is 0.0622. The van der Waals surface area contributed by atoms with Crippen LogP contribution < -0.4 is 9.47 Å². The zero-order valence-electron chi connectivity index (χ0n) is 14.7. The number of hydrogen-bond acceptors (Lipinski definition) is 3. The number of phenols is 1. The summed E-state index contributed by atoms with van der Waals surface area (Å²) in [6.45, 7) is 13.5. The number of aromatic hydroxyl groups is 1. The van der Waals surface area contributed by atoms with E-state index in [1.165, 1.54) is 0 Å². The van der Waals surface area contributed by atoms with Gasteiger partial charge in [0.05, 0.1) is 14.2 Å². The molecule has 1 unspecified atom stereocenters. The Morgan fingerprint density at radius 1 is 0.952 bits per heavy atom. The summed E-state index contributed by atoms with van der Waals surface area (Å²) in [5.41, 5.74) is 1.47. The zero-order valence-corrected chi connectivity index (χ0v) is 14.7. The number of phenolic OH excluding ortho intramolecular Hbond substituents is 1. The fraction of sp³-hybridized carbons (Fsp3) is 0.667. The molecular formula is C18H30O3. The van der Waals surface area contributed by atoms with Crippen LogP contribution in [-0.4, -0.2) is 19.3 Å². The summed E-state index contributed by atoms with van der Waals surface area (Å²) in [4.78, 5) is 0. The molecule has 1 atom stereocenters. The molecule has 21 heavy (non-hydrogen) atoms. The first kappa shape index (κ1) is 17.7. The van der Waals surface area contributed by atoms with E-state index >= 15 is 0 Å². The van der Waals surface area contributed by atoms with Gasteiger partial charge in [-0.05, 0) is 40.9 Å². The number of methoxy groups -OCH3 is 2. The van der Waals surface area contributed by atoms with Crippen LogP contribution in [0.15, 0.2) is 12.1 Å². The molecule has 0 saturated heterocycles. The van der Waals surface area contributed by atoms with Crippen LogP contribution in [0.2, 0.25) is 0 Å². The van der Waals surface area contributed by atoms with Gasteiger partial charge in [-0.25, -0.2) is 0 Å². The molecule has 0 aliphatic heterocycles. The lowest BCUT2D eigenvalue weighted by Gasteiger charge is -2.36. The standard InChI is InChI=1S/C18H30O3/c1-17(2,3)11-13(18(4,5)6)12-9-14(20-7)16(19)15(10-12)21-8/h9-10,13,19H,11H2,1-8H3. The normalized spacial score (nSPS) is 13.9. The van der Waals surface area contributed by atoms with Crippen LogP contribution in [0.25, 0.3) is 0 Å². The van der Waals surface area contributed by atoms with Gasteiger partial charge in [0, 0.05) is 0 Å². The minimum atomic E-state index is 0.0622. The van der Waals surface area contributed by atoms with Crippen molar-refractivity contribution >= 4 is 0 Å². The third-order valence-electron chi connectivity index (χ3n) is 3.77. The zero-order chi connectivity index (χ0) is 16.4. The Labute approximate surface area is 129 Å². The lowest BCUT2D eigenvalue weighted by molar-refractivity contribution is 0.228. The predicted molar refractivity (Wildman–Crippen MR) is 87.5 cm³/mol. The molecule has 0 heterocycles. The van der Waals surface area contributed by atoms with Crippen LogP contribution >= 0.6 is 0 Å². The smallest absolute Gasteiger partial charge is 0.200 e. The van der Waals surface area contributed by atoms with E-state index in [-0.39, 0.29) is 16.6 Å². The molecule has 3 nitrogen and oxygen atoms in total. The van der Waals surface area contributed by atoms with E-state index in [1.54, 1.807) is 14.2 Å². The van der Waals surface area contributed by atoms with E-state index in [1.807, 2.05) is 12.1 Å². The molecule has 3 heteroatoms. The van der Waals surface area contributed by atoms with Crippen LogP contribution in [0.3, 0.4) is 0 Å². The Kier molecular flexibility index (Phi) is 5.19. The maximum absolute atomic E-state index is 10.1. The molecule has 0 fully saturated rings. The fourth-order valence-electron chi connectivity index (χ4n) is 2.65. The Bertz CT molecular complexity index is 453. The van der Waals surface area contributed by atoms with Gasteiger partial charge in [0.1, 0.15) is 0 Å². The van der Waals surface area contributed by atoms with Crippen molar-refractivity contribution < 1.29 is 14.6 Å². The van der Waals surface area contributed by atoms with Crippen LogP contribution in [-0.2, 0) is 0 Å². The van der Waals surface area contributed by atoms with Crippen molar-refractivity contribution in [1.29, 1.82) is 0 Å². The van der Waals surface area contributed by atoms with Gasteiger partial charge in [-0.2, -0.15) is 0 Å². The van der Waals surface area contributed by atoms with Crippen molar-refractivity contribution in [3.8, 4) is 17.2 Å². The van der Waals surface area contributed by atoms with E-state index in [4.69, 9.17) is 9.47 Å². The molecule has 0 saturated carbocycles. The summed E-state index contributed by atoms with van der Waals surface area (Å²) in [5, 5.41) is 10.1. The van der Waals surface area contributed by atoms with Gasteiger partial charge in [-0.15, -0.1) is 0 Å². The summed E-state index contributed by atoms with van der Waals surface area (Å²) in [6, 6.07) is 3.86. The quantitative estimate of drug-likeness (QED) is 0.851. The van der Waals surface area contributed by atoms with E-state index in [2.05, 4.69) is 41.5 Å². The second-order valence-electron chi connectivity index (χ2n) is 7.96. The van der Waals surface area contributed by atoms with Crippen molar-refractivity contribution in [2.75, 3.05) is 14.2 Å². The van der Waals surface area contributed by atoms with Crippen molar-refractivity contribution in [3.05, 3.63) is 17.7 Å².